The Bertz CT molecular complexity index is 154. The van der Waals surface area contributed by atoms with Crippen molar-refractivity contribution >= 4 is 5.97 Å². The summed E-state index contributed by atoms with van der Waals surface area (Å²) in [5.41, 5.74) is -0.0845. The lowest BCUT2D eigenvalue weighted by molar-refractivity contribution is -0.642. The number of rotatable bonds is 1. The second-order valence-corrected chi connectivity index (χ2v) is 3.59. The van der Waals surface area contributed by atoms with Gasteiger partial charge in [-0.05, 0) is 0 Å². The first-order valence-corrected chi connectivity index (χ1v) is 3.56. The number of hydrogen-bond donors (Lipinski definition) is 1. The number of carbonyl (C=O) groups excluding carboxylic acids is 1. The molecule has 10 heavy (non-hydrogen) atoms. The van der Waals surface area contributed by atoms with Gasteiger partial charge in [0.1, 0.15) is 0 Å². The maximum Gasteiger partial charge on any atom is 0.0844 e. The molecule has 0 aromatic carbocycles. The quantitative estimate of drug-likeness (QED) is 0.459. The van der Waals surface area contributed by atoms with Crippen LogP contribution < -0.4 is 10.4 Å². The normalized spacial score (nSPS) is 30.4. The van der Waals surface area contributed by atoms with Crippen molar-refractivity contribution in [2.24, 2.45) is 11.3 Å². The minimum atomic E-state index is -0.904. The van der Waals surface area contributed by atoms with Crippen LogP contribution in [-0.4, -0.2) is 19.1 Å². The summed E-state index contributed by atoms with van der Waals surface area (Å²) in [4.78, 5) is 10.5. The van der Waals surface area contributed by atoms with Gasteiger partial charge in [-0.25, -0.2) is 0 Å². The van der Waals surface area contributed by atoms with E-state index in [0.29, 0.717) is 6.54 Å². The molecule has 0 aliphatic carbocycles. The average molecular weight is 143 g/mol. The summed E-state index contributed by atoms with van der Waals surface area (Å²) in [5.74, 6) is -1.17. The Hall–Kier alpha value is -0.570. The molecule has 1 saturated heterocycles. The van der Waals surface area contributed by atoms with Crippen LogP contribution >= 0.6 is 0 Å². The predicted molar refractivity (Wildman–Crippen MR) is 33.9 cm³/mol. The van der Waals surface area contributed by atoms with Crippen molar-refractivity contribution in [1.29, 1.82) is 0 Å². The van der Waals surface area contributed by atoms with Gasteiger partial charge < -0.3 is 15.2 Å². The van der Waals surface area contributed by atoms with Crippen molar-refractivity contribution in [1.82, 2.24) is 0 Å². The van der Waals surface area contributed by atoms with E-state index in [2.05, 4.69) is 0 Å². The van der Waals surface area contributed by atoms with E-state index in [-0.39, 0.29) is 11.3 Å². The molecule has 0 radical (unpaired) electrons. The van der Waals surface area contributed by atoms with Crippen LogP contribution in [0.2, 0.25) is 0 Å². The number of carboxylic acid groups (broad SMARTS) is 1. The van der Waals surface area contributed by atoms with Crippen LogP contribution in [0.25, 0.3) is 0 Å². The fraction of sp³-hybridized carbons (Fsp3) is 0.857. The third-order valence-corrected chi connectivity index (χ3v) is 2.30. The van der Waals surface area contributed by atoms with Gasteiger partial charge in [-0.1, -0.05) is 13.8 Å². The molecule has 1 aliphatic rings. The zero-order valence-electron chi connectivity index (χ0n) is 6.39. The summed E-state index contributed by atoms with van der Waals surface area (Å²) in [6, 6.07) is 0. The Morgan fingerprint density at radius 3 is 2.50 bits per heavy atom. The smallest absolute Gasteiger partial charge is 0.0844 e. The van der Waals surface area contributed by atoms with Gasteiger partial charge in [-0.2, -0.15) is 0 Å². The standard InChI is InChI=1S/C7H13NO2/c1-7(2)4-8-3-5(7)6(9)10/h5,8H,3-4H2,1-2H3,(H,9,10)/t5-/m1/s1. The molecule has 0 aromatic heterocycles. The van der Waals surface area contributed by atoms with E-state index in [1.54, 1.807) is 0 Å². The molecule has 1 rings (SSSR count). The molecule has 1 heterocycles. The molecule has 58 valence electrons. The van der Waals surface area contributed by atoms with Gasteiger partial charge in [-0.15, -0.1) is 0 Å². The zero-order valence-corrected chi connectivity index (χ0v) is 6.39. The molecule has 0 unspecified atom stereocenters. The van der Waals surface area contributed by atoms with Crippen LogP contribution in [0.1, 0.15) is 13.8 Å². The Balaban J connectivity index is 2.68. The van der Waals surface area contributed by atoms with Gasteiger partial charge in [0.25, 0.3) is 0 Å². The molecule has 1 atom stereocenters. The molecule has 2 N–H and O–H groups in total. The molecule has 0 bridgehead atoms. The number of carboxylic acids is 1. The second-order valence-electron chi connectivity index (χ2n) is 3.59. The highest BCUT2D eigenvalue weighted by molar-refractivity contribution is 5.69. The maximum absolute atomic E-state index is 10.5. The van der Waals surface area contributed by atoms with Gasteiger partial charge in [-0.3, -0.25) is 0 Å². The molecule has 3 heteroatoms. The number of carbonyl (C=O) groups is 1. The number of quaternary nitrogens is 1. The molecule has 1 fully saturated rings. The Labute approximate surface area is 60.4 Å². The van der Waals surface area contributed by atoms with E-state index in [0.717, 1.165) is 6.54 Å². The number of aliphatic carboxylic acids is 1. The van der Waals surface area contributed by atoms with E-state index < -0.39 is 5.97 Å². The van der Waals surface area contributed by atoms with Gasteiger partial charge in [0.2, 0.25) is 0 Å². The van der Waals surface area contributed by atoms with Crippen LogP contribution in [0.5, 0.6) is 0 Å². The monoisotopic (exact) mass is 143 g/mol. The van der Waals surface area contributed by atoms with E-state index in [4.69, 9.17) is 0 Å². The molecule has 1 aliphatic heterocycles. The van der Waals surface area contributed by atoms with Crippen molar-refractivity contribution in [3.8, 4) is 0 Å². The zero-order chi connectivity index (χ0) is 7.78. The fourth-order valence-electron chi connectivity index (χ4n) is 1.50. The molecular formula is C7H13NO2. The van der Waals surface area contributed by atoms with Crippen molar-refractivity contribution in [2.45, 2.75) is 13.8 Å². The lowest BCUT2D eigenvalue weighted by atomic mass is 9.82. The van der Waals surface area contributed by atoms with Gasteiger partial charge in [0.05, 0.1) is 25.0 Å². The Kier molecular flexibility index (Phi) is 1.68. The van der Waals surface area contributed by atoms with Gasteiger partial charge >= 0.3 is 0 Å². The summed E-state index contributed by atoms with van der Waals surface area (Å²) >= 11 is 0. The molecule has 0 aromatic rings. The summed E-state index contributed by atoms with van der Waals surface area (Å²) < 4.78 is 0. The molecular weight excluding hydrogens is 130 g/mol. The first-order valence-electron chi connectivity index (χ1n) is 3.56. The maximum atomic E-state index is 10.5. The van der Waals surface area contributed by atoms with Crippen LogP contribution in [0.3, 0.4) is 0 Å². The molecule has 3 nitrogen and oxygen atoms in total. The highest BCUT2D eigenvalue weighted by Crippen LogP contribution is 2.25. The topological polar surface area (TPSA) is 56.7 Å². The third kappa shape index (κ3) is 1.14. The summed E-state index contributed by atoms with van der Waals surface area (Å²) in [5, 5.41) is 12.5. The predicted octanol–water partition coefficient (Wildman–Crippen LogP) is -2.04. The van der Waals surface area contributed by atoms with Gasteiger partial charge in [0, 0.05) is 5.41 Å². The largest absolute Gasteiger partial charge is 0.550 e. The van der Waals surface area contributed by atoms with E-state index in [1.165, 1.54) is 0 Å². The van der Waals surface area contributed by atoms with Crippen LogP contribution in [0, 0.1) is 11.3 Å². The average Bonchev–Trinajstić information content (AvgIpc) is 2.08. The summed E-state index contributed by atoms with van der Waals surface area (Å²) in [6.07, 6.45) is 0. The lowest BCUT2D eigenvalue weighted by Gasteiger charge is -2.22. The van der Waals surface area contributed by atoms with Crippen molar-refractivity contribution < 1.29 is 15.2 Å². The van der Waals surface area contributed by atoms with Crippen molar-refractivity contribution in [3.05, 3.63) is 0 Å². The van der Waals surface area contributed by atoms with Crippen LogP contribution in [-0.2, 0) is 4.79 Å². The second kappa shape index (κ2) is 2.23. The Morgan fingerprint density at radius 1 is 1.70 bits per heavy atom. The minimum absolute atomic E-state index is 0.0845. The first kappa shape index (κ1) is 7.54. The van der Waals surface area contributed by atoms with Crippen molar-refractivity contribution in [2.75, 3.05) is 13.1 Å². The lowest BCUT2D eigenvalue weighted by Crippen LogP contribution is -2.82. The molecule has 0 spiro atoms. The van der Waals surface area contributed by atoms with Gasteiger partial charge in [0.15, 0.2) is 0 Å². The fourth-order valence-corrected chi connectivity index (χ4v) is 1.50. The summed E-state index contributed by atoms with van der Waals surface area (Å²) in [6.45, 7) is 5.51. The number of nitrogens with two attached hydrogens (primary N) is 1. The van der Waals surface area contributed by atoms with E-state index in [9.17, 15) is 9.90 Å². The Morgan fingerprint density at radius 2 is 2.30 bits per heavy atom. The highest BCUT2D eigenvalue weighted by Gasteiger charge is 2.38. The van der Waals surface area contributed by atoms with E-state index >= 15 is 0 Å². The first-order chi connectivity index (χ1) is 4.54. The van der Waals surface area contributed by atoms with Crippen LogP contribution in [0.4, 0.5) is 0 Å². The van der Waals surface area contributed by atoms with Crippen LogP contribution in [0.15, 0.2) is 0 Å². The molecule has 0 saturated carbocycles. The number of hydrogen-bond acceptors (Lipinski definition) is 2. The SMILES string of the molecule is CC1(C)C[NH2+]C[C@@H]1C(=O)[O-]. The highest BCUT2D eigenvalue weighted by atomic mass is 16.4. The molecule has 0 amide bonds. The third-order valence-electron chi connectivity index (χ3n) is 2.30. The van der Waals surface area contributed by atoms with Crippen molar-refractivity contribution in [3.63, 3.8) is 0 Å². The summed E-state index contributed by atoms with van der Waals surface area (Å²) in [7, 11) is 0. The minimum Gasteiger partial charge on any atom is -0.550 e. The van der Waals surface area contributed by atoms with E-state index in [1.807, 2.05) is 19.2 Å².